The third-order valence-electron chi connectivity index (χ3n) is 4.10. The summed E-state index contributed by atoms with van der Waals surface area (Å²) in [5.41, 5.74) is 1.94. The van der Waals surface area contributed by atoms with Gasteiger partial charge in [-0.05, 0) is 36.8 Å². The number of para-hydroxylation sites is 1. The molecule has 0 aliphatic carbocycles. The molecule has 0 saturated heterocycles. The zero-order valence-corrected chi connectivity index (χ0v) is 15.8. The van der Waals surface area contributed by atoms with Gasteiger partial charge in [-0.25, -0.2) is 9.98 Å². The van der Waals surface area contributed by atoms with Crippen molar-refractivity contribution in [3.63, 3.8) is 0 Å². The van der Waals surface area contributed by atoms with Crippen LogP contribution in [0.1, 0.15) is 17.4 Å². The second-order valence-electron chi connectivity index (χ2n) is 6.06. The van der Waals surface area contributed by atoms with Gasteiger partial charge in [0.2, 0.25) is 11.9 Å². The Balaban J connectivity index is 1.81. The van der Waals surface area contributed by atoms with Gasteiger partial charge in [0.1, 0.15) is 0 Å². The first kappa shape index (κ1) is 17.6. The summed E-state index contributed by atoms with van der Waals surface area (Å²) in [6.45, 7) is 1.77. The fourth-order valence-corrected chi connectivity index (χ4v) is 3.17. The molecule has 0 bridgehead atoms. The summed E-state index contributed by atoms with van der Waals surface area (Å²) in [6, 6.07) is 16.0. The maximum absolute atomic E-state index is 12.6. The number of aromatic nitrogens is 2. The van der Waals surface area contributed by atoms with E-state index in [2.05, 4.69) is 20.6 Å². The van der Waals surface area contributed by atoms with Crippen LogP contribution in [0.15, 0.2) is 64.4 Å². The molecule has 1 aromatic heterocycles. The van der Waals surface area contributed by atoms with E-state index in [9.17, 15) is 4.79 Å². The van der Waals surface area contributed by atoms with Crippen LogP contribution in [0.2, 0.25) is 10.0 Å². The molecule has 8 heteroatoms. The lowest BCUT2D eigenvalue weighted by Crippen LogP contribution is -2.37. The molecule has 0 amide bonds. The standard InChI is InChI=1S/C19H15Cl2N5O/c1-11-10-16(27)26-17(12-6-8-13(20)9-7-12)24-18(25-19(26)22-11)23-15-5-3-2-4-14(15)21/h2-10,17H,1H3,(H2,22,23,24,25)/t17-/m0/s1. The number of benzene rings is 2. The van der Waals surface area contributed by atoms with Crippen LogP contribution in [0, 0.1) is 6.92 Å². The van der Waals surface area contributed by atoms with Crippen molar-refractivity contribution in [2.75, 3.05) is 10.6 Å². The maximum Gasteiger partial charge on any atom is 0.257 e. The fourth-order valence-electron chi connectivity index (χ4n) is 2.86. The molecule has 0 saturated carbocycles. The molecule has 1 atom stereocenters. The van der Waals surface area contributed by atoms with E-state index in [1.165, 1.54) is 10.6 Å². The molecular weight excluding hydrogens is 385 g/mol. The van der Waals surface area contributed by atoms with Gasteiger partial charge in [0.15, 0.2) is 6.17 Å². The SMILES string of the molecule is Cc1cc(=O)n2c(n1)NC(Nc1ccccc1Cl)=N[C@@H]2c1ccc(Cl)cc1. The predicted molar refractivity (Wildman–Crippen MR) is 109 cm³/mol. The molecule has 1 aliphatic rings. The zero-order chi connectivity index (χ0) is 19.0. The van der Waals surface area contributed by atoms with Crippen molar-refractivity contribution in [3.8, 4) is 0 Å². The van der Waals surface area contributed by atoms with Crippen molar-refractivity contribution >= 4 is 40.8 Å². The average molecular weight is 400 g/mol. The first-order valence-electron chi connectivity index (χ1n) is 8.23. The summed E-state index contributed by atoms with van der Waals surface area (Å²) in [4.78, 5) is 21.7. The normalized spacial score (nSPS) is 15.5. The lowest BCUT2D eigenvalue weighted by Gasteiger charge is -2.27. The van der Waals surface area contributed by atoms with Gasteiger partial charge in [0.05, 0.1) is 10.7 Å². The van der Waals surface area contributed by atoms with Gasteiger partial charge in [0.25, 0.3) is 5.56 Å². The molecule has 0 fully saturated rings. The van der Waals surface area contributed by atoms with Gasteiger partial charge < -0.3 is 5.32 Å². The Hall–Kier alpha value is -2.83. The number of aryl methyl sites for hydroxylation is 1. The molecule has 6 nitrogen and oxygen atoms in total. The molecule has 4 rings (SSSR count). The molecule has 136 valence electrons. The lowest BCUT2D eigenvalue weighted by molar-refractivity contribution is 0.577. The minimum Gasteiger partial charge on any atom is -0.325 e. The third-order valence-corrected chi connectivity index (χ3v) is 4.68. The highest BCUT2D eigenvalue weighted by atomic mass is 35.5. The van der Waals surface area contributed by atoms with Crippen molar-refractivity contribution in [2.24, 2.45) is 4.99 Å². The number of nitrogens with zero attached hydrogens (tertiary/aromatic N) is 3. The van der Waals surface area contributed by atoms with Gasteiger partial charge in [-0.3, -0.25) is 14.7 Å². The summed E-state index contributed by atoms with van der Waals surface area (Å²) in [5.74, 6) is 0.852. The number of hydrogen-bond donors (Lipinski definition) is 2. The third kappa shape index (κ3) is 3.54. The largest absolute Gasteiger partial charge is 0.325 e. The Bertz CT molecular complexity index is 1090. The summed E-state index contributed by atoms with van der Waals surface area (Å²) in [5, 5.41) is 7.41. The second kappa shape index (κ2) is 7.06. The molecule has 3 aromatic rings. The van der Waals surface area contributed by atoms with Crippen LogP contribution in [0.25, 0.3) is 0 Å². The van der Waals surface area contributed by atoms with Gasteiger partial charge in [-0.15, -0.1) is 0 Å². The number of hydrogen-bond acceptors (Lipinski definition) is 5. The molecule has 0 radical (unpaired) electrons. The van der Waals surface area contributed by atoms with Gasteiger partial charge in [0, 0.05) is 16.8 Å². The number of anilines is 2. The Morgan fingerprint density at radius 2 is 1.85 bits per heavy atom. The van der Waals surface area contributed by atoms with Gasteiger partial charge in [-0.1, -0.05) is 47.5 Å². The average Bonchev–Trinajstić information content (AvgIpc) is 2.63. The van der Waals surface area contributed by atoms with E-state index in [0.717, 1.165) is 5.56 Å². The minimum atomic E-state index is -0.580. The smallest absolute Gasteiger partial charge is 0.257 e. The monoisotopic (exact) mass is 399 g/mol. The van der Waals surface area contributed by atoms with E-state index in [1.807, 2.05) is 30.3 Å². The number of aliphatic imine (C=N–C) groups is 1. The molecule has 1 aliphatic heterocycles. The number of rotatable bonds is 2. The quantitative estimate of drug-likeness (QED) is 0.673. The highest BCUT2D eigenvalue weighted by molar-refractivity contribution is 6.33. The Kier molecular flexibility index (Phi) is 4.59. The van der Waals surface area contributed by atoms with Crippen LogP contribution >= 0.6 is 23.2 Å². The summed E-state index contributed by atoms with van der Waals surface area (Å²) >= 11 is 12.2. The topological polar surface area (TPSA) is 71.3 Å². The molecular formula is C19H15Cl2N5O. The van der Waals surface area contributed by atoms with E-state index < -0.39 is 6.17 Å². The molecule has 2 N–H and O–H groups in total. The van der Waals surface area contributed by atoms with Crippen molar-refractivity contribution in [2.45, 2.75) is 13.1 Å². The van der Waals surface area contributed by atoms with E-state index in [1.54, 1.807) is 25.1 Å². The van der Waals surface area contributed by atoms with Crippen molar-refractivity contribution in [1.82, 2.24) is 9.55 Å². The minimum absolute atomic E-state index is 0.189. The molecule has 0 spiro atoms. The summed E-state index contributed by atoms with van der Waals surface area (Å²) in [6.07, 6.45) is -0.580. The highest BCUT2D eigenvalue weighted by Gasteiger charge is 2.25. The Morgan fingerprint density at radius 1 is 1.11 bits per heavy atom. The van der Waals surface area contributed by atoms with Crippen LogP contribution in [0.5, 0.6) is 0 Å². The summed E-state index contributed by atoms with van der Waals surface area (Å²) in [7, 11) is 0. The van der Waals surface area contributed by atoms with Crippen molar-refractivity contribution in [1.29, 1.82) is 0 Å². The van der Waals surface area contributed by atoms with Crippen LogP contribution in [0.3, 0.4) is 0 Å². The highest BCUT2D eigenvalue weighted by Crippen LogP contribution is 2.28. The fraction of sp³-hybridized carbons (Fsp3) is 0.105. The van der Waals surface area contributed by atoms with Crippen molar-refractivity contribution < 1.29 is 0 Å². The lowest BCUT2D eigenvalue weighted by atomic mass is 10.1. The Morgan fingerprint density at radius 3 is 2.59 bits per heavy atom. The van der Waals surface area contributed by atoms with E-state index in [4.69, 9.17) is 23.2 Å². The number of fused-ring (bicyclic) bond motifs is 1. The van der Waals surface area contributed by atoms with Crippen LogP contribution in [-0.4, -0.2) is 15.5 Å². The predicted octanol–water partition coefficient (Wildman–Crippen LogP) is 4.30. The van der Waals surface area contributed by atoms with Crippen molar-refractivity contribution in [3.05, 3.63) is 86.3 Å². The van der Waals surface area contributed by atoms with E-state index >= 15 is 0 Å². The Labute approximate surface area is 165 Å². The number of nitrogens with one attached hydrogen (secondary N) is 2. The zero-order valence-electron chi connectivity index (χ0n) is 14.3. The van der Waals surface area contributed by atoms with E-state index in [-0.39, 0.29) is 5.56 Å². The molecule has 2 aromatic carbocycles. The van der Waals surface area contributed by atoms with Crippen LogP contribution < -0.4 is 16.2 Å². The molecule has 2 heterocycles. The first-order chi connectivity index (χ1) is 13.0. The van der Waals surface area contributed by atoms with Gasteiger partial charge in [-0.2, -0.15) is 0 Å². The van der Waals surface area contributed by atoms with Gasteiger partial charge >= 0.3 is 0 Å². The van der Waals surface area contributed by atoms with E-state index in [0.29, 0.717) is 33.3 Å². The summed E-state index contributed by atoms with van der Waals surface area (Å²) < 4.78 is 1.51. The second-order valence-corrected chi connectivity index (χ2v) is 6.91. The van der Waals surface area contributed by atoms with Crippen LogP contribution in [0.4, 0.5) is 11.6 Å². The molecule has 0 unspecified atom stereocenters. The first-order valence-corrected chi connectivity index (χ1v) is 8.99. The van der Waals surface area contributed by atoms with Crippen LogP contribution in [-0.2, 0) is 0 Å². The number of halogens is 2. The molecule has 27 heavy (non-hydrogen) atoms. The number of guanidine groups is 1. The maximum atomic E-state index is 12.6.